The van der Waals surface area contributed by atoms with Crippen LogP contribution in [0, 0.1) is 5.92 Å². The molecule has 1 aromatic carbocycles. The Balaban J connectivity index is 1.44. The number of likely N-dealkylation sites (tertiary alicyclic amines) is 1. The van der Waals surface area contributed by atoms with Crippen LogP contribution in [-0.2, 0) is 0 Å². The molecule has 4 rings (SSSR count). The first-order valence-corrected chi connectivity index (χ1v) is 10.1. The maximum Gasteiger partial charge on any atom is 0.276 e. The zero-order chi connectivity index (χ0) is 19.7. The maximum absolute atomic E-state index is 13.0. The normalized spacial score (nSPS) is 19.7. The highest BCUT2D eigenvalue weighted by molar-refractivity contribution is 5.99. The van der Waals surface area contributed by atoms with Gasteiger partial charge in [0.05, 0.1) is 6.10 Å². The summed E-state index contributed by atoms with van der Waals surface area (Å²) >= 11 is 0. The average Bonchev–Trinajstić information content (AvgIpc) is 3.43. The van der Waals surface area contributed by atoms with Crippen LogP contribution in [0.3, 0.4) is 0 Å². The van der Waals surface area contributed by atoms with Gasteiger partial charge in [0.15, 0.2) is 11.5 Å². The van der Waals surface area contributed by atoms with E-state index >= 15 is 0 Å². The molecule has 0 spiro atoms. The van der Waals surface area contributed by atoms with E-state index in [1.165, 1.54) is 0 Å². The van der Waals surface area contributed by atoms with E-state index in [0.29, 0.717) is 36.0 Å². The number of hydrogen-bond acceptors (Lipinski definition) is 5. The number of ketones is 1. The second kappa shape index (κ2) is 7.78. The Morgan fingerprint density at radius 1 is 1.21 bits per heavy atom. The third kappa shape index (κ3) is 4.11. The van der Waals surface area contributed by atoms with Crippen molar-refractivity contribution in [2.24, 2.45) is 5.92 Å². The van der Waals surface area contributed by atoms with Crippen LogP contribution in [0.2, 0.25) is 0 Å². The van der Waals surface area contributed by atoms with Gasteiger partial charge in [-0.25, -0.2) is 0 Å². The van der Waals surface area contributed by atoms with Crippen LogP contribution in [-0.4, -0.2) is 40.9 Å². The van der Waals surface area contributed by atoms with Gasteiger partial charge in [-0.05, 0) is 51.7 Å². The van der Waals surface area contributed by atoms with Gasteiger partial charge in [0.1, 0.15) is 11.5 Å². The molecule has 1 aromatic heterocycles. The first kappa shape index (κ1) is 18.7. The number of carbonyl (C=O) groups excluding carboxylic acids is 2. The molecule has 0 bridgehead atoms. The fraction of sp³-hybridized carbons (Fsp3) is 0.500. The predicted molar refractivity (Wildman–Crippen MR) is 104 cm³/mol. The lowest BCUT2D eigenvalue weighted by atomic mass is 9.89. The molecule has 1 amide bonds. The van der Waals surface area contributed by atoms with Gasteiger partial charge in [-0.1, -0.05) is 17.3 Å². The van der Waals surface area contributed by atoms with Crippen LogP contribution >= 0.6 is 0 Å². The lowest BCUT2D eigenvalue weighted by Crippen LogP contribution is -2.42. The molecule has 0 unspecified atom stereocenters. The van der Waals surface area contributed by atoms with Crippen molar-refractivity contribution in [3.8, 4) is 5.75 Å². The zero-order valence-corrected chi connectivity index (χ0v) is 16.4. The van der Waals surface area contributed by atoms with E-state index in [4.69, 9.17) is 9.26 Å². The van der Waals surface area contributed by atoms with E-state index in [-0.39, 0.29) is 23.7 Å². The molecular formula is C22H26N2O4. The zero-order valence-electron chi connectivity index (χ0n) is 16.4. The summed E-state index contributed by atoms with van der Waals surface area (Å²) < 4.78 is 11.0. The molecule has 148 valence electrons. The molecule has 0 radical (unpaired) electrons. The molecule has 1 aliphatic heterocycles. The summed E-state index contributed by atoms with van der Waals surface area (Å²) in [5.74, 6) is 1.62. The molecule has 6 heteroatoms. The van der Waals surface area contributed by atoms with E-state index in [0.717, 1.165) is 31.4 Å². The van der Waals surface area contributed by atoms with Gasteiger partial charge in [0, 0.05) is 36.6 Å². The topological polar surface area (TPSA) is 72.6 Å². The largest absolute Gasteiger partial charge is 0.491 e. The fourth-order valence-electron chi connectivity index (χ4n) is 3.72. The highest BCUT2D eigenvalue weighted by Gasteiger charge is 2.33. The van der Waals surface area contributed by atoms with Gasteiger partial charge in [0.2, 0.25) is 0 Å². The number of nitrogens with zero attached hydrogens (tertiary/aromatic N) is 2. The Hall–Kier alpha value is -2.63. The number of Topliss-reactive ketones (excluding diaryl/α,β-unsaturated/α-hetero) is 1. The average molecular weight is 382 g/mol. The van der Waals surface area contributed by atoms with Crippen molar-refractivity contribution in [1.29, 1.82) is 0 Å². The molecule has 1 saturated heterocycles. The molecule has 1 aliphatic carbocycles. The SMILES string of the molecule is CC(C)Oc1cccc(C(=O)[C@H]2CCCN(C(=O)c3cc(C4CC4)on3)C2)c1. The second-order valence-corrected chi connectivity index (χ2v) is 8.04. The summed E-state index contributed by atoms with van der Waals surface area (Å²) in [4.78, 5) is 27.6. The maximum atomic E-state index is 13.0. The van der Waals surface area contributed by atoms with Gasteiger partial charge in [-0.3, -0.25) is 9.59 Å². The molecule has 0 N–H and O–H groups in total. The fourth-order valence-corrected chi connectivity index (χ4v) is 3.72. The van der Waals surface area contributed by atoms with Crippen molar-refractivity contribution >= 4 is 11.7 Å². The third-order valence-electron chi connectivity index (χ3n) is 5.30. The molecule has 2 aliphatic rings. The molecule has 1 atom stereocenters. The van der Waals surface area contributed by atoms with Crippen LogP contribution in [0.4, 0.5) is 0 Å². The van der Waals surface area contributed by atoms with E-state index in [9.17, 15) is 9.59 Å². The molecule has 2 heterocycles. The van der Waals surface area contributed by atoms with E-state index in [2.05, 4.69) is 5.16 Å². The minimum Gasteiger partial charge on any atom is -0.491 e. The summed E-state index contributed by atoms with van der Waals surface area (Å²) in [5.41, 5.74) is 0.984. The van der Waals surface area contributed by atoms with E-state index in [1.807, 2.05) is 32.0 Å². The van der Waals surface area contributed by atoms with Gasteiger partial charge in [0.25, 0.3) is 5.91 Å². The Morgan fingerprint density at radius 3 is 2.79 bits per heavy atom. The van der Waals surface area contributed by atoms with E-state index in [1.54, 1.807) is 17.0 Å². The molecule has 2 aromatic rings. The van der Waals surface area contributed by atoms with Crippen molar-refractivity contribution in [2.45, 2.75) is 51.6 Å². The number of piperidine rings is 1. The van der Waals surface area contributed by atoms with Crippen LogP contribution in [0.5, 0.6) is 5.75 Å². The third-order valence-corrected chi connectivity index (χ3v) is 5.30. The van der Waals surface area contributed by atoms with Crippen LogP contribution < -0.4 is 4.74 Å². The number of rotatable bonds is 6. The Morgan fingerprint density at radius 2 is 2.04 bits per heavy atom. The summed E-state index contributed by atoms with van der Waals surface area (Å²) in [6.45, 7) is 4.97. The van der Waals surface area contributed by atoms with Crippen molar-refractivity contribution in [3.05, 3.63) is 47.3 Å². The summed E-state index contributed by atoms with van der Waals surface area (Å²) in [6.07, 6.45) is 3.84. The molecule has 28 heavy (non-hydrogen) atoms. The predicted octanol–water partition coefficient (Wildman–Crippen LogP) is 4.07. The van der Waals surface area contributed by atoms with Gasteiger partial charge < -0.3 is 14.2 Å². The summed E-state index contributed by atoms with van der Waals surface area (Å²) in [6, 6.07) is 9.07. The van der Waals surface area contributed by atoms with Gasteiger partial charge in [-0.2, -0.15) is 0 Å². The number of amides is 1. The first-order chi connectivity index (χ1) is 13.5. The minimum absolute atomic E-state index is 0.0520. The standard InChI is InChI=1S/C22H26N2O4/c1-14(2)27-18-7-3-5-16(11-18)21(25)17-6-4-10-24(13-17)22(26)19-12-20(28-23-19)15-8-9-15/h3,5,7,11-12,14-15,17H,4,6,8-10,13H2,1-2H3/t17-/m0/s1. The Bertz CT molecular complexity index is 869. The number of carbonyl (C=O) groups is 2. The second-order valence-electron chi connectivity index (χ2n) is 8.04. The van der Waals surface area contributed by atoms with Gasteiger partial charge in [-0.15, -0.1) is 0 Å². The minimum atomic E-state index is -0.207. The first-order valence-electron chi connectivity index (χ1n) is 10.1. The molecule has 6 nitrogen and oxygen atoms in total. The van der Waals surface area contributed by atoms with Crippen molar-refractivity contribution in [1.82, 2.24) is 10.1 Å². The highest BCUT2D eigenvalue weighted by Crippen LogP contribution is 2.40. The Labute approximate surface area is 164 Å². The lowest BCUT2D eigenvalue weighted by molar-refractivity contribution is 0.0628. The van der Waals surface area contributed by atoms with E-state index < -0.39 is 0 Å². The molecule has 2 fully saturated rings. The molecule has 1 saturated carbocycles. The van der Waals surface area contributed by atoms with Crippen LogP contribution in [0.15, 0.2) is 34.9 Å². The van der Waals surface area contributed by atoms with Crippen LogP contribution in [0.25, 0.3) is 0 Å². The molecular weight excluding hydrogens is 356 g/mol. The smallest absolute Gasteiger partial charge is 0.276 e. The van der Waals surface area contributed by atoms with Crippen LogP contribution in [0.1, 0.15) is 72.1 Å². The lowest BCUT2D eigenvalue weighted by Gasteiger charge is -2.31. The van der Waals surface area contributed by atoms with Crippen molar-refractivity contribution in [2.75, 3.05) is 13.1 Å². The summed E-state index contributed by atoms with van der Waals surface area (Å²) in [5, 5.41) is 3.95. The quantitative estimate of drug-likeness (QED) is 0.704. The number of ether oxygens (including phenoxy) is 1. The van der Waals surface area contributed by atoms with Gasteiger partial charge >= 0.3 is 0 Å². The Kier molecular flexibility index (Phi) is 5.20. The highest BCUT2D eigenvalue weighted by atomic mass is 16.5. The van der Waals surface area contributed by atoms with Crippen molar-refractivity contribution < 1.29 is 18.8 Å². The number of benzene rings is 1. The monoisotopic (exact) mass is 382 g/mol. The number of hydrogen-bond donors (Lipinski definition) is 0. The van der Waals surface area contributed by atoms with Crippen molar-refractivity contribution in [3.63, 3.8) is 0 Å². The number of aromatic nitrogens is 1. The summed E-state index contributed by atoms with van der Waals surface area (Å²) in [7, 11) is 0.